The van der Waals surface area contributed by atoms with E-state index in [2.05, 4.69) is 9.97 Å². The van der Waals surface area contributed by atoms with Crippen LogP contribution in [-0.2, 0) is 0 Å². The molecule has 0 saturated heterocycles. The molecule has 0 unspecified atom stereocenters. The van der Waals surface area contributed by atoms with Gasteiger partial charge in [-0.1, -0.05) is 0 Å². The molecule has 0 N–H and O–H groups in total. The maximum absolute atomic E-state index is 4.38. The van der Waals surface area contributed by atoms with Crippen molar-refractivity contribution < 1.29 is 0 Å². The third-order valence-corrected chi connectivity index (χ3v) is 2.96. The van der Waals surface area contributed by atoms with Gasteiger partial charge >= 0.3 is 0 Å². The summed E-state index contributed by atoms with van der Waals surface area (Å²) in [4.78, 5) is 8.76. The number of nitrogens with zero attached hydrogens (tertiary/aromatic N) is 2. The van der Waals surface area contributed by atoms with Crippen molar-refractivity contribution >= 4 is 0 Å². The van der Waals surface area contributed by atoms with Crippen LogP contribution in [0.25, 0.3) is 0 Å². The number of hydrogen-bond acceptors (Lipinski definition) is 2. The molecule has 2 aliphatic rings. The average molecular weight is 146 g/mol. The Hall–Kier alpha value is -0.920. The predicted molar refractivity (Wildman–Crippen MR) is 41.4 cm³/mol. The van der Waals surface area contributed by atoms with Crippen molar-refractivity contribution in [1.29, 1.82) is 0 Å². The van der Waals surface area contributed by atoms with Crippen molar-refractivity contribution in [3.63, 3.8) is 0 Å². The molecule has 11 heavy (non-hydrogen) atoms. The minimum atomic E-state index is 0.753. The van der Waals surface area contributed by atoms with Gasteiger partial charge in [-0.25, -0.2) is 0 Å². The zero-order valence-corrected chi connectivity index (χ0v) is 6.33. The Labute approximate surface area is 65.7 Å². The first-order chi connectivity index (χ1) is 5.45. The van der Waals surface area contributed by atoms with Crippen LogP contribution in [0, 0.1) is 0 Å². The molecule has 2 nitrogen and oxygen atoms in total. The van der Waals surface area contributed by atoms with E-state index in [4.69, 9.17) is 0 Å². The highest BCUT2D eigenvalue weighted by atomic mass is 14.8. The zero-order chi connectivity index (χ0) is 7.26. The van der Waals surface area contributed by atoms with E-state index >= 15 is 0 Å². The monoisotopic (exact) mass is 146 g/mol. The molecule has 1 aromatic heterocycles. The Balaban J connectivity index is 2.23. The first-order valence-corrected chi connectivity index (χ1v) is 4.26. The quantitative estimate of drug-likeness (QED) is 0.558. The molecule has 0 spiro atoms. The molecule has 3 rings (SSSR count). The third-order valence-electron chi connectivity index (χ3n) is 2.96. The normalized spacial score (nSPS) is 32.4. The highest BCUT2D eigenvalue weighted by Gasteiger charge is 2.38. The summed E-state index contributed by atoms with van der Waals surface area (Å²) in [6.45, 7) is 0. The van der Waals surface area contributed by atoms with Crippen LogP contribution < -0.4 is 0 Å². The van der Waals surface area contributed by atoms with Gasteiger partial charge in [0.25, 0.3) is 0 Å². The van der Waals surface area contributed by atoms with Gasteiger partial charge < -0.3 is 0 Å². The Morgan fingerprint density at radius 1 is 1.00 bits per heavy atom. The van der Waals surface area contributed by atoms with Gasteiger partial charge in [0.05, 0.1) is 11.4 Å². The molecule has 1 heterocycles. The molecular formula is C9H10N2. The van der Waals surface area contributed by atoms with Gasteiger partial charge in [-0.15, -0.1) is 0 Å². The van der Waals surface area contributed by atoms with E-state index in [1.54, 1.807) is 0 Å². The molecule has 1 aromatic rings. The largest absolute Gasteiger partial charge is 0.257 e. The lowest BCUT2D eigenvalue weighted by molar-refractivity contribution is 0.679. The lowest BCUT2D eigenvalue weighted by Gasteiger charge is -2.10. The van der Waals surface area contributed by atoms with Crippen molar-refractivity contribution in [3.8, 4) is 0 Å². The number of hydrogen-bond donors (Lipinski definition) is 0. The molecule has 0 amide bonds. The van der Waals surface area contributed by atoms with Gasteiger partial charge in [-0.2, -0.15) is 0 Å². The smallest absolute Gasteiger partial charge is 0.0652 e. The second kappa shape index (κ2) is 1.81. The van der Waals surface area contributed by atoms with Gasteiger partial charge in [0.2, 0.25) is 0 Å². The van der Waals surface area contributed by atoms with Crippen LogP contribution in [0.15, 0.2) is 12.4 Å². The fourth-order valence-corrected chi connectivity index (χ4v) is 2.47. The van der Waals surface area contributed by atoms with Crippen molar-refractivity contribution in [2.45, 2.75) is 31.1 Å². The molecule has 0 aromatic carbocycles. The van der Waals surface area contributed by atoms with Crippen LogP contribution in [0.4, 0.5) is 0 Å². The van der Waals surface area contributed by atoms with E-state index in [1.807, 2.05) is 12.4 Å². The molecule has 0 radical (unpaired) electrons. The van der Waals surface area contributed by atoms with Crippen molar-refractivity contribution in [1.82, 2.24) is 9.97 Å². The third kappa shape index (κ3) is 0.621. The van der Waals surface area contributed by atoms with E-state index in [9.17, 15) is 0 Å². The summed E-state index contributed by atoms with van der Waals surface area (Å²) >= 11 is 0. The van der Waals surface area contributed by atoms with Crippen LogP contribution >= 0.6 is 0 Å². The lowest BCUT2D eigenvalue weighted by Crippen LogP contribution is -2.02. The second-order valence-corrected chi connectivity index (χ2v) is 3.53. The van der Waals surface area contributed by atoms with Crippen LogP contribution in [0.2, 0.25) is 0 Å². The molecule has 1 fully saturated rings. The standard InChI is InChI=1S/C9H10N2/c1-2-7-5-6(1)8-9(7)11-4-3-10-8/h3-4,6-7H,1-2,5H2/t6-,7-/m0/s1. The van der Waals surface area contributed by atoms with Crippen molar-refractivity contribution in [2.24, 2.45) is 0 Å². The van der Waals surface area contributed by atoms with Crippen LogP contribution in [0.1, 0.15) is 42.5 Å². The van der Waals surface area contributed by atoms with Gasteiger partial charge in [-0.05, 0) is 19.3 Å². The van der Waals surface area contributed by atoms with Crippen molar-refractivity contribution in [2.75, 3.05) is 0 Å². The Bertz CT molecular complexity index is 266. The minimum absolute atomic E-state index is 0.753. The second-order valence-electron chi connectivity index (χ2n) is 3.53. The minimum Gasteiger partial charge on any atom is -0.257 e. The fraction of sp³-hybridized carbons (Fsp3) is 0.556. The highest BCUT2D eigenvalue weighted by molar-refractivity contribution is 5.30. The molecule has 2 bridgehead atoms. The molecule has 56 valence electrons. The maximum Gasteiger partial charge on any atom is 0.0652 e. The van der Waals surface area contributed by atoms with E-state index in [1.165, 1.54) is 30.7 Å². The first-order valence-electron chi connectivity index (χ1n) is 4.26. The number of rotatable bonds is 0. The Morgan fingerprint density at radius 2 is 1.55 bits per heavy atom. The summed E-state index contributed by atoms with van der Waals surface area (Å²) in [6, 6.07) is 0. The van der Waals surface area contributed by atoms with Crippen LogP contribution in [0.3, 0.4) is 0 Å². The lowest BCUT2D eigenvalue weighted by atomic mass is 10.0. The molecule has 2 aliphatic carbocycles. The summed E-state index contributed by atoms with van der Waals surface area (Å²) in [6.07, 6.45) is 7.64. The molecular weight excluding hydrogens is 136 g/mol. The highest BCUT2D eigenvalue weighted by Crippen LogP contribution is 2.50. The molecule has 1 saturated carbocycles. The van der Waals surface area contributed by atoms with E-state index in [0.29, 0.717) is 0 Å². The fourth-order valence-electron chi connectivity index (χ4n) is 2.47. The van der Waals surface area contributed by atoms with Crippen molar-refractivity contribution in [3.05, 3.63) is 23.8 Å². The first kappa shape index (κ1) is 5.70. The number of fused-ring (bicyclic) bond motifs is 5. The maximum atomic E-state index is 4.38. The molecule has 0 aliphatic heterocycles. The molecule has 2 atom stereocenters. The van der Waals surface area contributed by atoms with Gasteiger partial charge in [0, 0.05) is 24.2 Å². The van der Waals surface area contributed by atoms with Gasteiger partial charge in [-0.3, -0.25) is 9.97 Å². The van der Waals surface area contributed by atoms with Crippen LogP contribution in [-0.4, -0.2) is 9.97 Å². The van der Waals surface area contributed by atoms with Gasteiger partial charge in [0.1, 0.15) is 0 Å². The van der Waals surface area contributed by atoms with E-state index < -0.39 is 0 Å². The van der Waals surface area contributed by atoms with E-state index in [0.717, 1.165) is 11.8 Å². The summed E-state index contributed by atoms with van der Waals surface area (Å²) in [5.74, 6) is 1.51. The Kier molecular flexibility index (Phi) is 0.939. The summed E-state index contributed by atoms with van der Waals surface area (Å²) < 4.78 is 0. The summed E-state index contributed by atoms with van der Waals surface area (Å²) in [5, 5.41) is 0. The van der Waals surface area contributed by atoms with E-state index in [-0.39, 0.29) is 0 Å². The number of aromatic nitrogens is 2. The Morgan fingerprint density at radius 3 is 2.09 bits per heavy atom. The topological polar surface area (TPSA) is 25.8 Å². The molecule has 2 heteroatoms. The summed E-state index contributed by atoms with van der Waals surface area (Å²) in [7, 11) is 0. The van der Waals surface area contributed by atoms with Gasteiger partial charge in [0.15, 0.2) is 0 Å². The predicted octanol–water partition coefficient (Wildman–Crippen LogP) is 1.84. The van der Waals surface area contributed by atoms with Crippen LogP contribution in [0.5, 0.6) is 0 Å². The summed E-state index contributed by atoms with van der Waals surface area (Å²) in [5.41, 5.74) is 2.59. The zero-order valence-electron chi connectivity index (χ0n) is 6.33. The average Bonchev–Trinajstić information content (AvgIpc) is 2.64. The SMILES string of the molecule is c1cnc2c(n1)[C@H]1CC[C@H]2C1.